The van der Waals surface area contributed by atoms with Crippen molar-refractivity contribution in [1.29, 1.82) is 0 Å². The van der Waals surface area contributed by atoms with Crippen molar-refractivity contribution in [3.63, 3.8) is 0 Å². The predicted molar refractivity (Wildman–Crippen MR) is 56.1 cm³/mol. The van der Waals surface area contributed by atoms with E-state index in [2.05, 4.69) is 20.6 Å². The quantitative estimate of drug-likeness (QED) is 0.789. The first-order valence-corrected chi connectivity index (χ1v) is 5.47. The summed E-state index contributed by atoms with van der Waals surface area (Å²) in [7, 11) is 0. The highest BCUT2D eigenvalue weighted by molar-refractivity contribution is 7.10. The van der Waals surface area contributed by atoms with Gasteiger partial charge >= 0.3 is 0 Å². The molecule has 1 fully saturated rings. The van der Waals surface area contributed by atoms with E-state index in [1.54, 1.807) is 11.3 Å². The maximum Gasteiger partial charge on any atom is 0.145 e. The third-order valence-corrected chi connectivity index (χ3v) is 3.33. The molecule has 0 amide bonds. The second-order valence-electron chi connectivity index (χ2n) is 3.55. The summed E-state index contributed by atoms with van der Waals surface area (Å²) in [5.41, 5.74) is 7.40. The number of thiazole rings is 1. The van der Waals surface area contributed by atoms with Gasteiger partial charge < -0.3 is 5.73 Å². The minimum Gasteiger partial charge on any atom is -0.382 e. The van der Waals surface area contributed by atoms with E-state index in [1.165, 1.54) is 17.8 Å². The monoisotopic (exact) mass is 206 g/mol. The molecule has 0 saturated heterocycles. The van der Waals surface area contributed by atoms with Crippen molar-refractivity contribution in [3.05, 3.63) is 16.5 Å². The molecule has 0 atom stereocenters. The lowest BCUT2D eigenvalue weighted by molar-refractivity contribution is 1.06. The summed E-state index contributed by atoms with van der Waals surface area (Å²) in [6.45, 7) is 0. The van der Waals surface area contributed by atoms with Crippen LogP contribution >= 0.6 is 11.3 Å². The minimum absolute atomic E-state index is 0.515. The van der Waals surface area contributed by atoms with Gasteiger partial charge in [0, 0.05) is 17.4 Å². The van der Waals surface area contributed by atoms with E-state index < -0.39 is 0 Å². The lowest BCUT2D eigenvalue weighted by atomic mass is 10.3. The van der Waals surface area contributed by atoms with Crippen LogP contribution in [0.3, 0.4) is 0 Å². The number of anilines is 1. The Labute approximate surface area is 85.2 Å². The summed E-state index contributed by atoms with van der Waals surface area (Å²) in [5.74, 6) is 1.23. The molecule has 1 saturated carbocycles. The molecule has 0 aromatic carbocycles. The molecule has 0 aliphatic heterocycles. The molecule has 14 heavy (non-hydrogen) atoms. The van der Waals surface area contributed by atoms with Crippen LogP contribution in [0.15, 0.2) is 11.4 Å². The highest BCUT2D eigenvalue weighted by Crippen LogP contribution is 2.42. The lowest BCUT2D eigenvalue weighted by Crippen LogP contribution is -1.81. The first-order valence-electron chi connectivity index (χ1n) is 4.59. The molecule has 1 aliphatic carbocycles. The van der Waals surface area contributed by atoms with Gasteiger partial charge in [-0.05, 0) is 12.8 Å². The zero-order chi connectivity index (χ0) is 9.54. The number of aromatic nitrogens is 3. The van der Waals surface area contributed by atoms with Crippen LogP contribution in [0.4, 0.5) is 5.82 Å². The molecule has 4 nitrogen and oxygen atoms in total. The van der Waals surface area contributed by atoms with Gasteiger partial charge in [0.15, 0.2) is 0 Å². The molecular weight excluding hydrogens is 196 g/mol. The van der Waals surface area contributed by atoms with Crippen molar-refractivity contribution in [2.24, 2.45) is 0 Å². The van der Waals surface area contributed by atoms with Crippen molar-refractivity contribution >= 4 is 17.2 Å². The standard InChI is InChI=1S/C9H10N4S/c10-8-3-6(12-13-8)7-4-14-9(11-7)5-1-2-5/h3-5H,1-2H2,(H3,10,12,13). The molecule has 2 aromatic rings. The number of nitrogens with zero attached hydrogens (tertiary/aromatic N) is 2. The van der Waals surface area contributed by atoms with Gasteiger partial charge in [0.25, 0.3) is 0 Å². The van der Waals surface area contributed by atoms with Crippen molar-refractivity contribution in [2.45, 2.75) is 18.8 Å². The zero-order valence-corrected chi connectivity index (χ0v) is 8.34. The molecule has 72 valence electrons. The second kappa shape index (κ2) is 2.81. The van der Waals surface area contributed by atoms with Crippen LogP contribution in [0.2, 0.25) is 0 Å². The maximum absolute atomic E-state index is 5.53. The van der Waals surface area contributed by atoms with Gasteiger partial charge in [0.2, 0.25) is 0 Å². The van der Waals surface area contributed by atoms with Crippen molar-refractivity contribution in [2.75, 3.05) is 5.73 Å². The number of nitrogens with one attached hydrogen (secondary N) is 1. The highest BCUT2D eigenvalue weighted by atomic mass is 32.1. The minimum atomic E-state index is 0.515. The molecule has 0 unspecified atom stereocenters. The Bertz CT molecular complexity index is 455. The average molecular weight is 206 g/mol. The summed E-state index contributed by atoms with van der Waals surface area (Å²) < 4.78 is 0. The summed E-state index contributed by atoms with van der Waals surface area (Å²) in [6.07, 6.45) is 2.58. The molecule has 2 heterocycles. The number of H-pyrrole nitrogens is 1. The van der Waals surface area contributed by atoms with Crippen LogP contribution in [-0.2, 0) is 0 Å². The van der Waals surface area contributed by atoms with Crippen LogP contribution in [0.1, 0.15) is 23.8 Å². The number of hydrogen-bond acceptors (Lipinski definition) is 4. The number of aromatic amines is 1. The zero-order valence-electron chi connectivity index (χ0n) is 7.53. The first kappa shape index (κ1) is 7.99. The van der Waals surface area contributed by atoms with Gasteiger partial charge in [-0.1, -0.05) is 0 Å². The average Bonchev–Trinajstić information content (AvgIpc) is 2.76. The van der Waals surface area contributed by atoms with Crippen molar-refractivity contribution in [3.8, 4) is 11.4 Å². The smallest absolute Gasteiger partial charge is 0.145 e. The number of rotatable bonds is 2. The summed E-state index contributed by atoms with van der Waals surface area (Å²) in [5, 5.41) is 10.0. The SMILES string of the molecule is Nc1cc(-c2csc(C3CC3)n2)[nH]n1. The molecular formula is C9H10N4S. The van der Waals surface area contributed by atoms with Gasteiger partial charge in [-0.3, -0.25) is 5.10 Å². The van der Waals surface area contributed by atoms with Gasteiger partial charge in [0.1, 0.15) is 5.82 Å². The second-order valence-corrected chi connectivity index (χ2v) is 4.44. The number of hydrogen-bond donors (Lipinski definition) is 2. The normalized spacial score (nSPS) is 16.0. The number of nitrogens with two attached hydrogens (primary N) is 1. The summed E-state index contributed by atoms with van der Waals surface area (Å²) >= 11 is 1.72. The maximum atomic E-state index is 5.53. The van der Waals surface area contributed by atoms with Gasteiger partial charge in [-0.25, -0.2) is 4.98 Å². The Morgan fingerprint density at radius 1 is 1.50 bits per heavy atom. The molecule has 3 N–H and O–H groups in total. The Kier molecular flexibility index (Phi) is 1.61. The van der Waals surface area contributed by atoms with Crippen LogP contribution < -0.4 is 5.73 Å². The van der Waals surface area contributed by atoms with Gasteiger partial charge in [-0.15, -0.1) is 11.3 Å². The Hall–Kier alpha value is -1.36. The van der Waals surface area contributed by atoms with E-state index in [-0.39, 0.29) is 0 Å². The summed E-state index contributed by atoms with van der Waals surface area (Å²) in [4.78, 5) is 4.55. The molecule has 0 bridgehead atoms. The van der Waals surface area contributed by atoms with E-state index in [0.717, 1.165) is 11.4 Å². The highest BCUT2D eigenvalue weighted by Gasteiger charge is 2.26. The number of nitrogen functional groups attached to an aromatic ring is 1. The summed E-state index contributed by atoms with van der Waals surface area (Å²) in [6, 6.07) is 1.81. The Balaban J connectivity index is 1.95. The fraction of sp³-hybridized carbons (Fsp3) is 0.333. The predicted octanol–water partition coefficient (Wildman–Crippen LogP) is 1.99. The van der Waals surface area contributed by atoms with Crippen molar-refractivity contribution in [1.82, 2.24) is 15.2 Å². The fourth-order valence-electron chi connectivity index (χ4n) is 1.40. The molecule has 1 aliphatic rings. The van der Waals surface area contributed by atoms with E-state index in [0.29, 0.717) is 11.7 Å². The van der Waals surface area contributed by atoms with Crippen LogP contribution in [-0.4, -0.2) is 15.2 Å². The molecule has 2 aromatic heterocycles. The Morgan fingerprint density at radius 2 is 2.36 bits per heavy atom. The van der Waals surface area contributed by atoms with Gasteiger partial charge in [0.05, 0.1) is 16.4 Å². The first-order chi connectivity index (χ1) is 6.83. The molecule has 3 rings (SSSR count). The van der Waals surface area contributed by atoms with Crippen LogP contribution in [0.5, 0.6) is 0 Å². The van der Waals surface area contributed by atoms with Crippen molar-refractivity contribution < 1.29 is 0 Å². The topological polar surface area (TPSA) is 67.6 Å². The van der Waals surface area contributed by atoms with Gasteiger partial charge in [-0.2, -0.15) is 5.10 Å². The van der Waals surface area contributed by atoms with E-state index >= 15 is 0 Å². The molecule has 5 heteroatoms. The third-order valence-electron chi connectivity index (χ3n) is 2.32. The third kappa shape index (κ3) is 1.29. The van der Waals surface area contributed by atoms with E-state index in [9.17, 15) is 0 Å². The fourth-order valence-corrected chi connectivity index (χ4v) is 2.39. The largest absolute Gasteiger partial charge is 0.382 e. The lowest BCUT2D eigenvalue weighted by Gasteiger charge is -1.88. The Morgan fingerprint density at radius 3 is 3.00 bits per heavy atom. The molecule has 0 radical (unpaired) electrons. The van der Waals surface area contributed by atoms with Crippen LogP contribution in [0.25, 0.3) is 11.4 Å². The molecule has 0 spiro atoms. The van der Waals surface area contributed by atoms with E-state index in [1.807, 2.05) is 6.07 Å². The van der Waals surface area contributed by atoms with E-state index in [4.69, 9.17) is 5.73 Å². The van der Waals surface area contributed by atoms with Crippen LogP contribution in [0, 0.1) is 0 Å².